The van der Waals surface area contributed by atoms with Gasteiger partial charge in [-0.05, 0) is 37.1 Å². The van der Waals surface area contributed by atoms with Crippen LogP contribution < -0.4 is 10.9 Å². The van der Waals surface area contributed by atoms with E-state index in [0.717, 1.165) is 0 Å². The molecule has 158 valence electrons. The van der Waals surface area contributed by atoms with E-state index in [0.29, 0.717) is 12.8 Å². The molecule has 2 rings (SSSR count). The highest BCUT2D eigenvalue weighted by atomic mass is 16.3. The Bertz CT molecular complexity index is 881. The summed E-state index contributed by atoms with van der Waals surface area (Å²) in [5.41, 5.74) is 5.11. The van der Waals surface area contributed by atoms with Gasteiger partial charge in [0.15, 0.2) is 23.0 Å². The Morgan fingerprint density at radius 3 is 1.53 bits per heavy atom. The van der Waals surface area contributed by atoms with Gasteiger partial charge in [0, 0.05) is 24.0 Å². The first-order chi connectivity index (χ1) is 14.4. The van der Waals surface area contributed by atoms with Crippen LogP contribution in [0.1, 0.15) is 36.8 Å². The first-order valence-electron chi connectivity index (χ1n) is 9.04. The molecule has 10 nitrogen and oxygen atoms in total. The van der Waals surface area contributed by atoms with Gasteiger partial charge in [-0.15, -0.1) is 0 Å². The molecule has 0 bridgehead atoms. The third kappa shape index (κ3) is 6.82. The van der Waals surface area contributed by atoms with Crippen molar-refractivity contribution in [2.45, 2.75) is 25.7 Å². The summed E-state index contributed by atoms with van der Waals surface area (Å²) >= 11 is 0. The number of benzene rings is 2. The number of carbonyl (C=O) groups excluding carboxylic acids is 2. The van der Waals surface area contributed by atoms with E-state index in [1.807, 2.05) is 0 Å². The number of hydrogen-bond donors (Lipinski definition) is 6. The molecule has 2 amide bonds. The Morgan fingerprint density at radius 2 is 1.13 bits per heavy atom. The molecule has 0 aromatic heterocycles. The highest BCUT2D eigenvalue weighted by molar-refractivity contribution is 5.87. The van der Waals surface area contributed by atoms with Crippen LogP contribution >= 0.6 is 0 Å². The molecule has 2 aromatic carbocycles. The van der Waals surface area contributed by atoms with Gasteiger partial charge in [-0.3, -0.25) is 9.59 Å². The Hall–Kier alpha value is -4.08. The van der Waals surface area contributed by atoms with Gasteiger partial charge >= 0.3 is 0 Å². The molecule has 0 fully saturated rings. The fourth-order valence-electron chi connectivity index (χ4n) is 2.34. The molecule has 0 aliphatic heterocycles. The molecule has 0 aliphatic carbocycles. The van der Waals surface area contributed by atoms with Gasteiger partial charge in [-0.1, -0.05) is 12.1 Å². The quantitative estimate of drug-likeness (QED) is 0.158. The third-order valence-electron chi connectivity index (χ3n) is 3.94. The summed E-state index contributed by atoms with van der Waals surface area (Å²) in [5, 5.41) is 45.4. The predicted molar refractivity (Wildman–Crippen MR) is 109 cm³/mol. The van der Waals surface area contributed by atoms with Crippen molar-refractivity contribution < 1.29 is 30.0 Å². The van der Waals surface area contributed by atoms with Gasteiger partial charge in [0.05, 0.1) is 12.4 Å². The van der Waals surface area contributed by atoms with Gasteiger partial charge < -0.3 is 20.4 Å². The summed E-state index contributed by atoms with van der Waals surface area (Å²) in [7, 11) is 0. The Kier molecular flexibility index (Phi) is 8.18. The predicted octanol–water partition coefficient (Wildman–Crippen LogP) is 1.67. The highest BCUT2D eigenvalue weighted by Gasteiger charge is 2.06. The fraction of sp³-hybridized carbons (Fsp3) is 0.200. The van der Waals surface area contributed by atoms with Crippen LogP contribution in [0, 0.1) is 0 Å². The van der Waals surface area contributed by atoms with E-state index in [2.05, 4.69) is 21.1 Å². The van der Waals surface area contributed by atoms with Gasteiger partial charge in [0.2, 0.25) is 11.8 Å². The molecular weight excluding hydrogens is 392 g/mol. The SMILES string of the molecule is O=C(CCCCC(=O)N/N=C/c1cccc(O)c1O)N/N=C/c1cccc(O)c1O. The van der Waals surface area contributed by atoms with Crippen molar-refractivity contribution in [3.05, 3.63) is 47.5 Å². The molecule has 0 radical (unpaired) electrons. The maximum atomic E-state index is 11.7. The zero-order valence-corrected chi connectivity index (χ0v) is 15.9. The number of amides is 2. The minimum atomic E-state index is -0.358. The minimum absolute atomic E-state index is 0.150. The van der Waals surface area contributed by atoms with Crippen LogP contribution in [0.15, 0.2) is 46.6 Å². The molecule has 30 heavy (non-hydrogen) atoms. The van der Waals surface area contributed by atoms with E-state index in [1.54, 1.807) is 0 Å². The summed E-state index contributed by atoms with van der Waals surface area (Å²) in [6.07, 6.45) is 3.62. The standard InChI is InChI=1S/C20H22N4O6/c25-15-7-3-5-13(19(15)29)11-21-23-17(27)9-1-2-10-18(28)24-22-12-14-6-4-8-16(26)20(14)30/h3-8,11-12,25-26,29-30H,1-2,9-10H2,(H,23,27)(H,24,28)/b21-11+,22-12+. The van der Waals surface area contributed by atoms with Crippen molar-refractivity contribution in [2.24, 2.45) is 10.2 Å². The minimum Gasteiger partial charge on any atom is -0.504 e. The first-order valence-corrected chi connectivity index (χ1v) is 9.04. The van der Waals surface area contributed by atoms with Crippen LogP contribution in [0.2, 0.25) is 0 Å². The number of para-hydroxylation sites is 2. The van der Waals surface area contributed by atoms with Crippen molar-refractivity contribution in [3.8, 4) is 23.0 Å². The number of phenols is 4. The van der Waals surface area contributed by atoms with Crippen LogP contribution in [0.3, 0.4) is 0 Å². The molecule has 0 aliphatic rings. The lowest BCUT2D eigenvalue weighted by Gasteiger charge is -2.03. The van der Waals surface area contributed by atoms with Crippen LogP contribution in [0.4, 0.5) is 0 Å². The summed E-state index contributed by atoms with van der Waals surface area (Å²) in [4.78, 5) is 23.4. The van der Waals surface area contributed by atoms with Crippen LogP contribution in [0.25, 0.3) is 0 Å². The number of nitrogens with one attached hydrogen (secondary N) is 2. The van der Waals surface area contributed by atoms with Crippen LogP contribution in [-0.4, -0.2) is 44.7 Å². The lowest BCUT2D eigenvalue weighted by Crippen LogP contribution is -2.19. The van der Waals surface area contributed by atoms with Crippen LogP contribution in [0.5, 0.6) is 23.0 Å². The van der Waals surface area contributed by atoms with E-state index >= 15 is 0 Å². The number of unbranched alkanes of at least 4 members (excludes halogenated alkanes) is 1. The molecular formula is C20H22N4O6. The number of phenolic OH excluding ortho intramolecular Hbond substituents is 4. The summed E-state index contributed by atoms with van der Waals surface area (Å²) < 4.78 is 0. The third-order valence-corrected chi connectivity index (χ3v) is 3.94. The van der Waals surface area contributed by atoms with E-state index in [9.17, 15) is 30.0 Å². The molecule has 0 heterocycles. The second-order valence-electron chi connectivity index (χ2n) is 6.22. The highest BCUT2D eigenvalue weighted by Crippen LogP contribution is 2.27. The monoisotopic (exact) mass is 414 g/mol. The molecule has 0 saturated heterocycles. The van der Waals surface area contributed by atoms with Crippen molar-refractivity contribution >= 4 is 24.2 Å². The lowest BCUT2D eigenvalue weighted by atomic mass is 10.2. The topological polar surface area (TPSA) is 164 Å². The second-order valence-corrected chi connectivity index (χ2v) is 6.22. The maximum Gasteiger partial charge on any atom is 0.240 e. The number of carbonyl (C=O) groups is 2. The number of hydrogen-bond acceptors (Lipinski definition) is 8. The maximum absolute atomic E-state index is 11.7. The normalized spacial score (nSPS) is 11.1. The van der Waals surface area contributed by atoms with E-state index in [4.69, 9.17) is 0 Å². The molecule has 0 atom stereocenters. The first kappa shape index (κ1) is 22.2. The van der Waals surface area contributed by atoms with Crippen molar-refractivity contribution in [3.63, 3.8) is 0 Å². The lowest BCUT2D eigenvalue weighted by molar-refractivity contribution is -0.123. The zero-order chi connectivity index (χ0) is 21.9. The largest absolute Gasteiger partial charge is 0.504 e. The van der Waals surface area contributed by atoms with E-state index in [1.165, 1.54) is 48.8 Å². The smallest absolute Gasteiger partial charge is 0.240 e. The Labute approximate surface area is 172 Å². The number of nitrogens with zero attached hydrogens (tertiary/aromatic N) is 2. The Morgan fingerprint density at radius 1 is 0.733 bits per heavy atom. The van der Waals surface area contributed by atoms with Crippen molar-refractivity contribution in [2.75, 3.05) is 0 Å². The van der Waals surface area contributed by atoms with Crippen molar-refractivity contribution in [1.82, 2.24) is 10.9 Å². The van der Waals surface area contributed by atoms with E-state index < -0.39 is 0 Å². The average molecular weight is 414 g/mol. The fourth-order valence-corrected chi connectivity index (χ4v) is 2.34. The molecule has 0 spiro atoms. The van der Waals surface area contributed by atoms with Gasteiger partial charge in [0.25, 0.3) is 0 Å². The molecule has 2 aromatic rings. The van der Waals surface area contributed by atoms with Crippen LogP contribution in [-0.2, 0) is 9.59 Å². The Balaban J connectivity index is 1.64. The number of rotatable bonds is 9. The summed E-state index contributed by atoms with van der Waals surface area (Å²) in [6.45, 7) is 0. The second kappa shape index (κ2) is 11.1. The average Bonchev–Trinajstić information content (AvgIpc) is 2.71. The zero-order valence-electron chi connectivity index (χ0n) is 15.9. The molecule has 6 N–H and O–H groups in total. The van der Waals surface area contributed by atoms with Gasteiger partial charge in [-0.2, -0.15) is 10.2 Å². The van der Waals surface area contributed by atoms with Gasteiger partial charge in [0.1, 0.15) is 0 Å². The molecule has 10 heteroatoms. The van der Waals surface area contributed by atoms with Crippen molar-refractivity contribution in [1.29, 1.82) is 0 Å². The molecule has 0 saturated carbocycles. The van der Waals surface area contributed by atoms with Gasteiger partial charge in [-0.25, -0.2) is 10.9 Å². The molecule has 0 unspecified atom stereocenters. The summed E-state index contributed by atoms with van der Waals surface area (Å²) in [6, 6.07) is 8.74. The number of hydrazone groups is 2. The number of aromatic hydroxyl groups is 4. The van der Waals surface area contributed by atoms with E-state index in [-0.39, 0.29) is 58.8 Å². The summed E-state index contributed by atoms with van der Waals surface area (Å²) in [5.74, 6) is -1.95.